The van der Waals surface area contributed by atoms with Crippen molar-refractivity contribution in [3.63, 3.8) is 0 Å². The average Bonchev–Trinajstić information content (AvgIpc) is 2.76. The summed E-state index contributed by atoms with van der Waals surface area (Å²) in [4.78, 5) is 11.6. The SMILES string of the molecule is CC(C)(C)OC(=O)OC1=CCOC12CCCC2. The van der Waals surface area contributed by atoms with Crippen molar-refractivity contribution in [2.24, 2.45) is 0 Å². The van der Waals surface area contributed by atoms with E-state index in [0.717, 1.165) is 25.7 Å². The molecule has 4 nitrogen and oxygen atoms in total. The van der Waals surface area contributed by atoms with Crippen LogP contribution in [0.4, 0.5) is 4.79 Å². The number of hydrogen-bond acceptors (Lipinski definition) is 4. The molecule has 0 aromatic rings. The van der Waals surface area contributed by atoms with Crippen molar-refractivity contribution in [3.8, 4) is 0 Å². The van der Waals surface area contributed by atoms with E-state index in [9.17, 15) is 4.79 Å². The van der Waals surface area contributed by atoms with Crippen LogP contribution < -0.4 is 0 Å². The molecule has 2 aliphatic rings. The molecule has 1 saturated carbocycles. The van der Waals surface area contributed by atoms with Gasteiger partial charge in [0.1, 0.15) is 17.0 Å². The topological polar surface area (TPSA) is 44.8 Å². The molecule has 1 aliphatic carbocycles. The van der Waals surface area contributed by atoms with E-state index in [4.69, 9.17) is 14.2 Å². The lowest BCUT2D eigenvalue weighted by atomic mass is 10.0. The van der Waals surface area contributed by atoms with Crippen LogP contribution in [0.25, 0.3) is 0 Å². The summed E-state index contributed by atoms with van der Waals surface area (Å²) in [5, 5.41) is 0. The van der Waals surface area contributed by atoms with Gasteiger partial charge in [-0.15, -0.1) is 0 Å². The van der Waals surface area contributed by atoms with E-state index in [1.54, 1.807) is 0 Å². The van der Waals surface area contributed by atoms with Crippen molar-refractivity contribution in [1.29, 1.82) is 0 Å². The first-order valence-electron chi connectivity index (χ1n) is 6.17. The van der Waals surface area contributed by atoms with Crippen molar-refractivity contribution >= 4 is 6.16 Å². The smallest absolute Gasteiger partial charge is 0.428 e. The molecule has 0 N–H and O–H groups in total. The van der Waals surface area contributed by atoms with E-state index in [1.807, 2.05) is 26.8 Å². The van der Waals surface area contributed by atoms with E-state index >= 15 is 0 Å². The second-order valence-electron chi connectivity index (χ2n) is 5.65. The summed E-state index contributed by atoms with van der Waals surface area (Å²) in [6.45, 7) is 5.98. The number of ether oxygens (including phenoxy) is 3. The fourth-order valence-corrected chi connectivity index (χ4v) is 2.37. The maximum absolute atomic E-state index is 11.6. The summed E-state index contributed by atoms with van der Waals surface area (Å²) < 4.78 is 16.2. The van der Waals surface area contributed by atoms with Gasteiger partial charge in [0.2, 0.25) is 0 Å². The van der Waals surface area contributed by atoms with Gasteiger partial charge in [0.05, 0.1) is 6.61 Å². The van der Waals surface area contributed by atoms with Crippen molar-refractivity contribution in [1.82, 2.24) is 0 Å². The van der Waals surface area contributed by atoms with Gasteiger partial charge in [-0.1, -0.05) is 0 Å². The molecule has 0 radical (unpaired) electrons. The molecule has 0 bridgehead atoms. The molecule has 2 rings (SSSR count). The Morgan fingerprint density at radius 2 is 2.00 bits per heavy atom. The first kappa shape index (κ1) is 12.4. The third kappa shape index (κ3) is 2.80. The Bertz CT molecular complexity index is 332. The minimum Gasteiger partial charge on any atom is -0.428 e. The van der Waals surface area contributed by atoms with Crippen LogP contribution in [0.3, 0.4) is 0 Å². The number of carbonyl (C=O) groups is 1. The number of rotatable bonds is 1. The Labute approximate surface area is 102 Å². The van der Waals surface area contributed by atoms with E-state index in [2.05, 4.69) is 0 Å². The van der Waals surface area contributed by atoms with Crippen molar-refractivity contribution < 1.29 is 19.0 Å². The highest BCUT2D eigenvalue weighted by Crippen LogP contribution is 2.42. The van der Waals surface area contributed by atoms with Crippen LogP contribution in [0.1, 0.15) is 46.5 Å². The molecule has 1 aliphatic heterocycles. The molecule has 0 unspecified atom stereocenters. The van der Waals surface area contributed by atoms with Crippen LogP contribution >= 0.6 is 0 Å². The minimum absolute atomic E-state index is 0.350. The highest BCUT2D eigenvalue weighted by atomic mass is 16.7. The second kappa shape index (κ2) is 4.33. The predicted molar refractivity (Wildman–Crippen MR) is 62.6 cm³/mol. The van der Waals surface area contributed by atoms with E-state index < -0.39 is 11.8 Å². The normalized spacial score (nSPS) is 22.6. The van der Waals surface area contributed by atoms with Crippen molar-refractivity contribution in [2.45, 2.75) is 57.7 Å². The fourth-order valence-electron chi connectivity index (χ4n) is 2.37. The minimum atomic E-state index is -0.638. The van der Waals surface area contributed by atoms with Crippen molar-refractivity contribution in [3.05, 3.63) is 11.8 Å². The van der Waals surface area contributed by atoms with Gasteiger partial charge in [-0.3, -0.25) is 0 Å². The van der Waals surface area contributed by atoms with Crippen LogP contribution in [-0.4, -0.2) is 24.0 Å². The first-order valence-corrected chi connectivity index (χ1v) is 6.17. The van der Waals surface area contributed by atoms with Crippen LogP contribution in [0, 0.1) is 0 Å². The highest BCUT2D eigenvalue weighted by molar-refractivity contribution is 5.62. The highest BCUT2D eigenvalue weighted by Gasteiger charge is 2.44. The first-order chi connectivity index (χ1) is 7.91. The molecule has 0 amide bonds. The maximum Gasteiger partial charge on any atom is 0.514 e. The van der Waals surface area contributed by atoms with Gasteiger partial charge in [-0.2, -0.15) is 0 Å². The average molecular weight is 240 g/mol. The largest absolute Gasteiger partial charge is 0.514 e. The molecule has 0 aromatic heterocycles. The molecule has 1 fully saturated rings. The molecule has 1 spiro atoms. The van der Waals surface area contributed by atoms with E-state index in [0.29, 0.717) is 12.4 Å². The van der Waals surface area contributed by atoms with Gasteiger partial charge in [0, 0.05) is 0 Å². The maximum atomic E-state index is 11.6. The van der Waals surface area contributed by atoms with Gasteiger partial charge in [-0.25, -0.2) is 4.79 Å². The van der Waals surface area contributed by atoms with E-state index in [1.165, 1.54) is 0 Å². The van der Waals surface area contributed by atoms with Gasteiger partial charge in [-0.05, 0) is 52.5 Å². The Morgan fingerprint density at radius 3 is 2.59 bits per heavy atom. The summed E-state index contributed by atoms with van der Waals surface area (Å²) in [5.74, 6) is 0.643. The number of hydrogen-bond donors (Lipinski definition) is 0. The Hall–Kier alpha value is -1.03. The Morgan fingerprint density at radius 1 is 1.35 bits per heavy atom. The van der Waals surface area contributed by atoms with Gasteiger partial charge >= 0.3 is 6.16 Å². The van der Waals surface area contributed by atoms with Crippen LogP contribution in [0.5, 0.6) is 0 Å². The molecule has 0 aromatic carbocycles. The lowest BCUT2D eigenvalue weighted by Crippen LogP contribution is -2.31. The summed E-state index contributed by atoms with van der Waals surface area (Å²) in [6.07, 6.45) is 5.31. The predicted octanol–water partition coefficient (Wildman–Crippen LogP) is 3.17. The molecule has 1 heterocycles. The molecule has 4 heteroatoms. The molecular weight excluding hydrogens is 220 g/mol. The summed E-state index contributed by atoms with van der Waals surface area (Å²) in [5.41, 5.74) is -0.878. The third-order valence-corrected chi connectivity index (χ3v) is 3.07. The molecule has 0 saturated heterocycles. The fraction of sp³-hybridized carbons (Fsp3) is 0.769. The monoisotopic (exact) mass is 240 g/mol. The second-order valence-corrected chi connectivity index (χ2v) is 5.65. The van der Waals surface area contributed by atoms with Crippen LogP contribution in [0.2, 0.25) is 0 Å². The standard InChI is InChI=1S/C13H20O4/c1-12(2,3)17-11(14)16-10-6-9-15-13(10)7-4-5-8-13/h6H,4-5,7-9H2,1-3H3. The molecule has 0 atom stereocenters. The Kier molecular flexibility index (Phi) is 3.17. The molecular formula is C13H20O4. The summed E-state index contributed by atoms with van der Waals surface area (Å²) in [7, 11) is 0. The lowest BCUT2D eigenvalue weighted by Gasteiger charge is -2.26. The zero-order valence-electron chi connectivity index (χ0n) is 10.7. The number of carbonyl (C=O) groups excluding carboxylic acids is 1. The van der Waals surface area contributed by atoms with Gasteiger partial charge < -0.3 is 14.2 Å². The van der Waals surface area contributed by atoms with Crippen molar-refractivity contribution in [2.75, 3.05) is 6.61 Å². The third-order valence-electron chi connectivity index (χ3n) is 3.07. The Balaban J connectivity index is 1.97. The molecule has 17 heavy (non-hydrogen) atoms. The van der Waals surface area contributed by atoms with E-state index in [-0.39, 0.29) is 5.60 Å². The van der Waals surface area contributed by atoms with Gasteiger partial charge in [0.25, 0.3) is 0 Å². The zero-order valence-corrected chi connectivity index (χ0v) is 10.7. The summed E-state index contributed by atoms with van der Waals surface area (Å²) >= 11 is 0. The quantitative estimate of drug-likeness (QED) is 0.660. The van der Waals surface area contributed by atoms with Crippen LogP contribution in [0.15, 0.2) is 11.8 Å². The van der Waals surface area contributed by atoms with Gasteiger partial charge in [0.15, 0.2) is 0 Å². The summed E-state index contributed by atoms with van der Waals surface area (Å²) in [6, 6.07) is 0. The lowest BCUT2D eigenvalue weighted by molar-refractivity contribution is -0.0332. The van der Waals surface area contributed by atoms with Crippen LogP contribution in [-0.2, 0) is 14.2 Å². The molecule has 96 valence electrons. The zero-order chi connectivity index (χ0) is 12.5.